The summed E-state index contributed by atoms with van der Waals surface area (Å²) in [5.74, 6) is 1.22. The smallest absolute Gasteiger partial charge is 0.203 e. The first-order chi connectivity index (χ1) is 6.58. The number of benzene rings is 1. The lowest BCUT2D eigenvalue weighted by Crippen LogP contribution is -2.26. The van der Waals surface area contributed by atoms with Crippen molar-refractivity contribution in [3.63, 3.8) is 0 Å². The Labute approximate surface area is 83.3 Å². The molecule has 1 heterocycles. The Balaban J connectivity index is 2.34. The molecule has 0 bridgehead atoms. The van der Waals surface area contributed by atoms with Gasteiger partial charge in [-0.3, -0.25) is 0 Å². The summed E-state index contributed by atoms with van der Waals surface area (Å²) in [5, 5.41) is 9.55. The van der Waals surface area contributed by atoms with Crippen molar-refractivity contribution in [1.29, 1.82) is 0 Å². The third kappa shape index (κ3) is 1.62. The predicted molar refractivity (Wildman–Crippen MR) is 52.9 cm³/mol. The van der Waals surface area contributed by atoms with Crippen LogP contribution in [0.5, 0.6) is 17.2 Å². The standard InChI is InChI=1S/C11H14O3/c1-11(2)6-13-9-5-3-4-8(12)10(9)14-7-11/h3-5,12H,6-7H2,1-2H3. The van der Waals surface area contributed by atoms with E-state index in [0.717, 1.165) is 0 Å². The van der Waals surface area contributed by atoms with Gasteiger partial charge in [0.2, 0.25) is 5.75 Å². The van der Waals surface area contributed by atoms with Crippen molar-refractivity contribution in [2.45, 2.75) is 13.8 Å². The summed E-state index contributed by atoms with van der Waals surface area (Å²) in [6, 6.07) is 5.15. The molecule has 0 radical (unpaired) electrons. The summed E-state index contributed by atoms with van der Waals surface area (Å²) in [6.45, 7) is 5.28. The average Bonchev–Trinajstić information content (AvgIpc) is 2.27. The minimum absolute atomic E-state index is 0.0224. The van der Waals surface area contributed by atoms with Crippen LogP contribution in [0.3, 0.4) is 0 Å². The number of rotatable bonds is 0. The fraction of sp³-hybridized carbons (Fsp3) is 0.455. The third-order valence-electron chi connectivity index (χ3n) is 2.18. The molecule has 0 spiro atoms. The number of hydrogen-bond donors (Lipinski definition) is 1. The van der Waals surface area contributed by atoms with E-state index < -0.39 is 0 Å². The molecule has 1 aliphatic rings. The van der Waals surface area contributed by atoms with Crippen molar-refractivity contribution in [2.75, 3.05) is 13.2 Å². The first kappa shape index (κ1) is 9.19. The van der Waals surface area contributed by atoms with Crippen molar-refractivity contribution in [1.82, 2.24) is 0 Å². The number of phenols is 1. The molecule has 1 aromatic rings. The van der Waals surface area contributed by atoms with Crippen molar-refractivity contribution in [2.24, 2.45) is 5.41 Å². The van der Waals surface area contributed by atoms with Crippen LogP contribution in [-0.4, -0.2) is 18.3 Å². The Hall–Kier alpha value is -1.38. The lowest BCUT2D eigenvalue weighted by molar-refractivity contribution is 0.139. The van der Waals surface area contributed by atoms with Crippen LogP contribution < -0.4 is 9.47 Å². The maximum Gasteiger partial charge on any atom is 0.203 e. The number of para-hydroxylation sites is 1. The zero-order valence-electron chi connectivity index (χ0n) is 8.41. The third-order valence-corrected chi connectivity index (χ3v) is 2.18. The first-order valence-electron chi connectivity index (χ1n) is 4.66. The lowest BCUT2D eigenvalue weighted by atomic mass is 9.97. The maximum atomic E-state index is 9.55. The molecule has 1 aliphatic heterocycles. The molecule has 2 rings (SSSR count). The van der Waals surface area contributed by atoms with Crippen LogP contribution in [0.4, 0.5) is 0 Å². The Morgan fingerprint density at radius 2 is 1.93 bits per heavy atom. The minimum atomic E-state index is -0.0224. The molecule has 0 atom stereocenters. The van der Waals surface area contributed by atoms with E-state index in [0.29, 0.717) is 24.7 Å². The van der Waals surface area contributed by atoms with Crippen molar-refractivity contribution >= 4 is 0 Å². The monoisotopic (exact) mass is 194 g/mol. The van der Waals surface area contributed by atoms with Crippen LogP contribution >= 0.6 is 0 Å². The van der Waals surface area contributed by atoms with Crippen molar-refractivity contribution in [3.8, 4) is 17.2 Å². The van der Waals surface area contributed by atoms with Gasteiger partial charge in [0.05, 0.1) is 13.2 Å². The van der Waals surface area contributed by atoms with E-state index in [-0.39, 0.29) is 11.2 Å². The highest BCUT2D eigenvalue weighted by Gasteiger charge is 2.26. The van der Waals surface area contributed by atoms with Crippen LogP contribution in [-0.2, 0) is 0 Å². The number of phenolic OH excluding ortho intramolecular Hbond substituents is 1. The van der Waals surface area contributed by atoms with Gasteiger partial charge in [0.15, 0.2) is 11.5 Å². The summed E-state index contributed by atoms with van der Waals surface area (Å²) in [4.78, 5) is 0. The Kier molecular flexibility index (Phi) is 2.02. The van der Waals surface area contributed by atoms with E-state index in [4.69, 9.17) is 9.47 Å². The highest BCUT2D eigenvalue weighted by atomic mass is 16.5. The van der Waals surface area contributed by atoms with E-state index in [1.807, 2.05) is 0 Å². The molecule has 0 saturated carbocycles. The van der Waals surface area contributed by atoms with Crippen molar-refractivity contribution < 1.29 is 14.6 Å². The van der Waals surface area contributed by atoms with E-state index in [2.05, 4.69) is 13.8 Å². The average molecular weight is 194 g/mol. The molecule has 76 valence electrons. The molecule has 0 saturated heterocycles. The van der Waals surface area contributed by atoms with Crippen LogP contribution in [0.25, 0.3) is 0 Å². The Morgan fingerprint density at radius 3 is 2.71 bits per heavy atom. The number of ether oxygens (including phenoxy) is 2. The molecule has 0 amide bonds. The summed E-state index contributed by atoms with van der Waals surface area (Å²) in [7, 11) is 0. The molecule has 3 heteroatoms. The highest BCUT2D eigenvalue weighted by molar-refractivity contribution is 5.50. The highest BCUT2D eigenvalue weighted by Crippen LogP contribution is 2.39. The van der Waals surface area contributed by atoms with E-state index in [9.17, 15) is 5.11 Å². The van der Waals surface area contributed by atoms with Gasteiger partial charge in [-0.2, -0.15) is 0 Å². The molecule has 14 heavy (non-hydrogen) atoms. The fourth-order valence-electron chi connectivity index (χ4n) is 1.35. The van der Waals surface area contributed by atoms with Gasteiger partial charge >= 0.3 is 0 Å². The molecule has 0 aromatic heterocycles. The van der Waals surface area contributed by atoms with Gasteiger partial charge in [-0.25, -0.2) is 0 Å². The van der Waals surface area contributed by atoms with Gasteiger partial charge in [-0.05, 0) is 12.1 Å². The van der Waals surface area contributed by atoms with Crippen LogP contribution in [0, 0.1) is 5.41 Å². The van der Waals surface area contributed by atoms with Gasteiger partial charge in [0.25, 0.3) is 0 Å². The van der Waals surface area contributed by atoms with Gasteiger partial charge in [0.1, 0.15) is 0 Å². The number of fused-ring (bicyclic) bond motifs is 1. The van der Waals surface area contributed by atoms with Crippen LogP contribution in [0.15, 0.2) is 18.2 Å². The molecule has 1 N–H and O–H groups in total. The molecule has 0 unspecified atom stereocenters. The van der Waals surface area contributed by atoms with Gasteiger partial charge in [0, 0.05) is 5.41 Å². The predicted octanol–water partition coefficient (Wildman–Crippen LogP) is 2.19. The second-order valence-electron chi connectivity index (χ2n) is 4.35. The summed E-state index contributed by atoms with van der Waals surface area (Å²) >= 11 is 0. The molecular weight excluding hydrogens is 180 g/mol. The minimum Gasteiger partial charge on any atom is -0.504 e. The summed E-state index contributed by atoms with van der Waals surface area (Å²) < 4.78 is 11.1. The zero-order chi connectivity index (χ0) is 10.2. The van der Waals surface area contributed by atoms with Crippen molar-refractivity contribution in [3.05, 3.63) is 18.2 Å². The Morgan fingerprint density at radius 1 is 1.21 bits per heavy atom. The Bertz CT molecular complexity index is 344. The van der Waals surface area contributed by atoms with E-state index >= 15 is 0 Å². The first-order valence-corrected chi connectivity index (χ1v) is 4.66. The van der Waals surface area contributed by atoms with Gasteiger partial charge < -0.3 is 14.6 Å². The fourth-order valence-corrected chi connectivity index (χ4v) is 1.35. The second-order valence-corrected chi connectivity index (χ2v) is 4.35. The number of hydrogen-bond acceptors (Lipinski definition) is 3. The topological polar surface area (TPSA) is 38.7 Å². The quantitative estimate of drug-likeness (QED) is 0.688. The van der Waals surface area contributed by atoms with Gasteiger partial charge in [-0.15, -0.1) is 0 Å². The molecule has 0 aliphatic carbocycles. The number of aromatic hydroxyl groups is 1. The van der Waals surface area contributed by atoms with Gasteiger partial charge in [-0.1, -0.05) is 19.9 Å². The summed E-state index contributed by atoms with van der Waals surface area (Å²) in [5.41, 5.74) is -0.0224. The molecule has 1 aromatic carbocycles. The maximum absolute atomic E-state index is 9.55. The van der Waals surface area contributed by atoms with Crippen LogP contribution in [0.2, 0.25) is 0 Å². The SMILES string of the molecule is CC1(C)COc2cccc(O)c2OC1. The lowest BCUT2D eigenvalue weighted by Gasteiger charge is -2.19. The molecule has 3 nitrogen and oxygen atoms in total. The van der Waals surface area contributed by atoms with E-state index in [1.165, 1.54) is 0 Å². The largest absolute Gasteiger partial charge is 0.504 e. The molecule has 0 fully saturated rings. The normalized spacial score (nSPS) is 18.7. The zero-order valence-corrected chi connectivity index (χ0v) is 8.41. The van der Waals surface area contributed by atoms with Crippen LogP contribution in [0.1, 0.15) is 13.8 Å². The van der Waals surface area contributed by atoms with E-state index in [1.54, 1.807) is 18.2 Å². The second kappa shape index (κ2) is 3.08. The molecular formula is C11H14O3. The summed E-state index contributed by atoms with van der Waals surface area (Å²) in [6.07, 6.45) is 0.